The molecule has 0 amide bonds. The first-order valence-electron chi connectivity index (χ1n) is 12.9. The Balaban J connectivity index is 1.81. The van der Waals surface area contributed by atoms with E-state index in [1.807, 2.05) is 36.4 Å². The van der Waals surface area contributed by atoms with E-state index in [0.717, 1.165) is 59.6 Å². The highest BCUT2D eigenvalue weighted by Crippen LogP contribution is 2.33. The van der Waals surface area contributed by atoms with E-state index in [2.05, 4.69) is 31.9 Å². The van der Waals surface area contributed by atoms with Gasteiger partial charge in [0.05, 0.1) is 0 Å². The van der Waals surface area contributed by atoms with Gasteiger partial charge in [0.15, 0.2) is 17.3 Å². The van der Waals surface area contributed by atoms with Gasteiger partial charge in [-0.25, -0.2) is 0 Å². The first-order valence-corrected chi connectivity index (χ1v) is 12.9. The Hall–Kier alpha value is -3.27. The number of rotatable bonds is 12. The van der Waals surface area contributed by atoms with Crippen molar-refractivity contribution in [1.29, 1.82) is 0 Å². The van der Waals surface area contributed by atoms with E-state index in [-0.39, 0.29) is 29.2 Å². The normalized spacial score (nSPS) is 14.1. The van der Waals surface area contributed by atoms with Gasteiger partial charge in [0.25, 0.3) is 0 Å². The van der Waals surface area contributed by atoms with Gasteiger partial charge in [-0.1, -0.05) is 19.9 Å². The van der Waals surface area contributed by atoms with Crippen molar-refractivity contribution in [3.8, 4) is 0 Å². The first kappa shape index (κ1) is 24.8. The van der Waals surface area contributed by atoms with Crippen LogP contribution in [0.25, 0.3) is 21.8 Å². The number of allylic oxidation sites excluding steroid dienone is 3. The van der Waals surface area contributed by atoms with Crippen LogP contribution < -0.4 is 0 Å². The van der Waals surface area contributed by atoms with Crippen LogP contribution >= 0.6 is 0 Å². The second-order valence-electron chi connectivity index (χ2n) is 9.59. The lowest BCUT2D eigenvalue weighted by molar-refractivity contribution is -0.115. The summed E-state index contributed by atoms with van der Waals surface area (Å²) in [6.45, 7) is 10.8. The van der Waals surface area contributed by atoms with E-state index in [9.17, 15) is 14.4 Å². The quantitative estimate of drug-likeness (QED) is 0.157. The molecule has 0 unspecified atom stereocenters. The number of hydrogen-bond acceptors (Lipinski definition) is 3. The Morgan fingerprint density at radius 3 is 2.11 bits per heavy atom. The number of hydrogen-bond donors (Lipinski definition) is 0. The molecule has 1 aliphatic rings. The topological polar surface area (TPSA) is 56.1 Å². The van der Waals surface area contributed by atoms with Crippen LogP contribution in [0.3, 0.4) is 0 Å². The van der Waals surface area contributed by atoms with Crippen molar-refractivity contribution < 1.29 is 14.4 Å². The Morgan fingerprint density at radius 1 is 0.971 bits per heavy atom. The average Bonchev–Trinajstić information content (AvgIpc) is 3.69. The van der Waals surface area contributed by atoms with Crippen molar-refractivity contribution >= 4 is 39.2 Å². The second-order valence-corrected chi connectivity index (χ2v) is 9.59. The summed E-state index contributed by atoms with van der Waals surface area (Å²) in [6.07, 6.45) is 7.97. The number of benzene rings is 2. The molecule has 1 aromatic heterocycles. The summed E-state index contributed by atoms with van der Waals surface area (Å²) in [6, 6.07) is 11.7. The molecule has 0 spiro atoms. The van der Waals surface area contributed by atoms with E-state index in [4.69, 9.17) is 0 Å². The number of carbonyl (C=O) groups excluding carboxylic acids is 3. The Bertz CT molecular complexity index is 1330. The van der Waals surface area contributed by atoms with Crippen molar-refractivity contribution in [3.63, 3.8) is 0 Å². The molecule has 0 radical (unpaired) electrons. The molecule has 2 aromatic carbocycles. The number of aryl methyl sites for hydroxylation is 1. The summed E-state index contributed by atoms with van der Waals surface area (Å²) in [7, 11) is 0. The number of Topliss-reactive ketones (excluding diaryl/α,β-unsaturated/α-hetero) is 2. The highest BCUT2D eigenvalue weighted by molar-refractivity contribution is 6.17. The Labute approximate surface area is 207 Å². The molecule has 1 fully saturated rings. The molecule has 1 saturated carbocycles. The van der Waals surface area contributed by atoms with Gasteiger partial charge in [0.1, 0.15) is 0 Å². The summed E-state index contributed by atoms with van der Waals surface area (Å²) in [5.41, 5.74) is 3.93. The number of nitrogens with zero attached hydrogens (tertiary/aromatic N) is 1. The molecule has 35 heavy (non-hydrogen) atoms. The van der Waals surface area contributed by atoms with Crippen LogP contribution in [0.15, 0.2) is 60.7 Å². The lowest BCUT2D eigenvalue weighted by Gasteiger charge is -2.11. The summed E-state index contributed by atoms with van der Waals surface area (Å²) in [5.74, 6) is 0.230. The van der Waals surface area contributed by atoms with Gasteiger partial charge in [0.2, 0.25) is 0 Å². The van der Waals surface area contributed by atoms with E-state index in [1.165, 1.54) is 0 Å². The van der Waals surface area contributed by atoms with Gasteiger partial charge < -0.3 is 4.57 Å². The van der Waals surface area contributed by atoms with Gasteiger partial charge in [-0.3, -0.25) is 14.4 Å². The Morgan fingerprint density at radius 2 is 1.57 bits per heavy atom. The van der Waals surface area contributed by atoms with Crippen LogP contribution in [-0.2, 0) is 11.3 Å². The number of aromatic nitrogens is 1. The number of fused-ring (bicyclic) bond motifs is 3. The minimum atomic E-state index is -0.107. The summed E-state index contributed by atoms with van der Waals surface area (Å²) in [5, 5.41) is 1.95. The maximum atomic E-state index is 13.5. The van der Waals surface area contributed by atoms with Crippen molar-refractivity contribution in [1.82, 2.24) is 4.57 Å². The molecule has 0 saturated heterocycles. The predicted octanol–water partition coefficient (Wildman–Crippen LogP) is 7.49. The lowest BCUT2D eigenvalue weighted by Crippen LogP contribution is -2.12. The van der Waals surface area contributed by atoms with Crippen molar-refractivity contribution in [3.05, 3.63) is 71.8 Å². The zero-order valence-electron chi connectivity index (χ0n) is 21.1. The zero-order valence-corrected chi connectivity index (χ0v) is 21.1. The molecule has 1 aliphatic carbocycles. The van der Waals surface area contributed by atoms with Gasteiger partial charge in [-0.2, -0.15) is 0 Å². The molecule has 4 rings (SSSR count). The standard InChI is InChI=1S/C31H35NO3/c1-5-9-10-22(19-29(33)21-11-12-21)31(35)24-14-16-28-26(18-24)25-17-23(30(34)20(6-2)7-3)13-15-27(25)32(28)8-4/h5,13-21H,1,6-12H2,2-4H3/b22-19-. The van der Waals surface area contributed by atoms with E-state index in [1.54, 1.807) is 12.2 Å². The van der Waals surface area contributed by atoms with Crippen LogP contribution in [0, 0.1) is 11.8 Å². The van der Waals surface area contributed by atoms with Crippen LogP contribution in [0.1, 0.15) is 80.0 Å². The minimum Gasteiger partial charge on any atom is -0.341 e. The fourth-order valence-corrected chi connectivity index (χ4v) is 4.99. The third-order valence-corrected chi connectivity index (χ3v) is 7.29. The zero-order chi connectivity index (χ0) is 25.1. The number of ketones is 3. The third kappa shape index (κ3) is 4.93. The molecule has 1 heterocycles. The summed E-state index contributed by atoms with van der Waals surface area (Å²) >= 11 is 0. The van der Waals surface area contributed by atoms with Gasteiger partial charge >= 0.3 is 0 Å². The summed E-state index contributed by atoms with van der Waals surface area (Å²) in [4.78, 5) is 39.1. The molecular weight excluding hydrogens is 434 g/mol. The van der Waals surface area contributed by atoms with Gasteiger partial charge in [0, 0.05) is 56.9 Å². The maximum absolute atomic E-state index is 13.5. The average molecular weight is 470 g/mol. The van der Waals surface area contributed by atoms with E-state index >= 15 is 0 Å². The molecule has 0 aliphatic heterocycles. The SMILES string of the molecule is C=CCC/C(=C/C(=O)C1CC1)C(=O)c1ccc2c(c1)c1cc(C(=O)C(CC)CC)ccc1n2CC. The Kier molecular flexibility index (Phi) is 7.49. The molecule has 4 nitrogen and oxygen atoms in total. The van der Waals surface area contributed by atoms with Gasteiger partial charge in [-0.05, 0) is 87.9 Å². The lowest BCUT2D eigenvalue weighted by atomic mass is 9.92. The second kappa shape index (κ2) is 10.6. The largest absolute Gasteiger partial charge is 0.341 e. The highest BCUT2D eigenvalue weighted by atomic mass is 16.1. The number of carbonyl (C=O) groups is 3. The fourth-order valence-electron chi connectivity index (χ4n) is 4.99. The van der Waals surface area contributed by atoms with Crippen molar-refractivity contribution in [2.75, 3.05) is 0 Å². The van der Waals surface area contributed by atoms with Crippen molar-refractivity contribution in [2.45, 2.75) is 65.8 Å². The molecule has 3 aromatic rings. The monoisotopic (exact) mass is 469 g/mol. The smallest absolute Gasteiger partial charge is 0.189 e. The fraction of sp³-hybridized carbons (Fsp3) is 0.387. The molecular formula is C31H35NO3. The first-order chi connectivity index (χ1) is 16.9. The molecule has 182 valence electrons. The molecule has 0 N–H and O–H groups in total. The predicted molar refractivity (Wildman–Crippen MR) is 143 cm³/mol. The van der Waals surface area contributed by atoms with Crippen LogP contribution in [0.2, 0.25) is 0 Å². The van der Waals surface area contributed by atoms with Gasteiger partial charge in [-0.15, -0.1) is 6.58 Å². The third-order valence-electron chi connectivity index (χ3n) is 7.29. The van der Waals surface area contributed by atoms with Crippen LogP contribution in [-0.4, -0.2) is 21.9 Å². The molecule has 0 bridgehead atoms. The molecule has 4 heteroatoms. The van der Waals surface area contributed by atoms with E-state index < -0.39 is 0 Å². The van der Waals surface area contributed by atoms with E-state index in [0.29, 0.717) is 24.0 Å². The minimum absolute atomic E-state index is 0.0191. The summed E-state index contributed by atoms with van der Waals surface area (Å²) < 4.78 is 2.22. The molecule has 0 atom stereocenters. The van der Waals surface area contributed by atoms with Crippen LogP contribution in [0.4, 0.5) is 0 Å². The highest BCUT2D eigenvalue weighted by Gasteiger charge is 2.29. The van der Waals surface area contributed by atoms with Crippen LogP contribution in [0.5, 0.6) is 0 Å². The van der Waals surface area contributed by atoms with Crippen molar-refractivity contribution in [2.24, 2.45) is 11.8 Å². The maximum Gasteiger partial charge on any atom is 0.189 e.